The summed E-state index contributed by atoms with van der Waals surface area (Å²) in [7, 11) is -3.85. The highest BCUT2D eigenvalue weighted by Crippen LogP contribution is 2.31. The van der Waals surface area contributed by atoms with Crippen LogP contribution in [0.15, 0.2) is 71.8 Å². The number of benzene rings is 2. The first-order valence-electron chi connectivity index (χ1n) is 9.38. The largest absolute Gasteiger partial charge is 0.281 e. The fourth-order valence-corrected chi connectivity index (χ4v) is 5.46. The summed E-state index contributed by atoms with van der Waals surface area (Å²) in [5, 5.41) is 0.859. The zero-order valence-corrected chi connectivity index (χ0v) is 18.9. The van der Waals surface area contributed by atoms with Crippen LogP contribution in [-0.4, -0.2) is 30.0 Å². The summed E-state index contributed by atoms with van der Waals surface area (Å²) in [5.41, 5.74) is 2.41. The van der Waals surface area contributed by atoms with Gasteiger partial charge in [-0.3, -0.25) is 14.7 Å². The molecule has 0 fully saturated rings. The number of halogens is 1. The number of hydrogen-bond donors (Lipinski definition) is 0. The number of amides is 1. The van der Waals surface area contributed by atoms with Crippen molar-refractivity contribution in [3.8, 4) is 0 Å². The molecule has 0 atom stereocenters. The van der Waals surface area contributed by atoms with Crippen molar-refractivity contribution >= 4 is 54.0 Å². The summed E-state index contributed by atoms with van der Waals surface area (Å²) >= 11 is 7.20. The highest BCUT2D eigenvalue weighted by Gasteiger charge is 2.27. The van der Waals surface area contributed by atoms with Gasteiger partial charge in [0.25, 0.3) is 0 Å². The van der Waals surface area contributed by atoms with E-state index in [0.717, 1.165) is 15.8 Å². The van der Waals surface area contributed by atoms with E-state index < -0.39 is 21.5 Å². The Morgan fingerprint density at radius 1 is 1.06 bits per heavy atom. The van der Waals surface area contributed by atoms with Crippen LogP contribution in [0.3, 0.4) is 0 Å². The molecule has 0 saturated carbocycles. The summed E-state index contributed by atoms with van der Waals surface area (Å²) < 4.78 is 26.6. The number of aryl methyl sites for hydroxylation is 1. The average Bonchev–Trinajstić information content (AvgIpc) is 3.18. The molecule has 4 rings (SSSR count). The first-order chi connectivity index (χ1) is 14.8. The lowest BCUT2D eigenvalue weighted by molar-refractivity contribution is -0.116. The Morgan fingerprint density at radius 2 is 1.84 bits per heavy atom. The van der Waals surface area contributed by atoms with Gasteiger partial charge in [-0.1, -0.05) is 41.1 Å². The SMILES string of the molecule is Cc1cccc2sc(N(Cc3ccccn3)C(=O)CS(=O)(=O)c3ccc(Cl)cc3)nc12. The van der Waals surface area contributed by atoms with Gasteiger partial charge in [0.2, 0.25) is 5.91 Å². The van der Waals surface area contributed by atoms with Crippen LogP contribution in [0.5, 0.6) is 0 Å². The third kappa shape index (κ3) is 4.76. The predicted molar refractivity (Wildman–Crippen MR) is 123 cm³/mol. The molecule has 0 bridgehead atoms. The molecular formula is C22H18ClN3O3S2. The van der Waals surface area contributed by atoms with Crippen molar-refractivity contribution in [3.63, 3.8) is 0 Å². The molecule has 0 radical (unpaired) electrons. The second-order valence-corrected chi connectivity index (χ2v) is 10.4. The van der Waals surface area contributed by atoms with Gasteiger partial charge in [-0.25, -0.2) is 13.4 Å². The van der Waals surface area contributed by atoms with E-state index in [1.807, 2.05) is 31.2 Å². The van der Waals surface area contributed by atoms with Crippen molar-refractivity contribution < 1.29 is 13.2 Å². The number of rotatable bonds is 6. The minimum atomic E-state index is -3.85. The molecule has 0 N–H and O–H groups in total. The van der Waals surface area contributed by atoms with E-state index in [0.29, 0.717) is 15.8 Å². The number of carbonyl (C=O) groups is 1. The highest BCUT2D eigenvalue weighted by atomic mass is 35.5. The van der Waals surface area contributed by atoms with Crippen molar-refractivity contribution in [1.29, 1.82) is 0 Å². The Morgan fingerprint density at radius 3 is 2.52 bits per heavy atom. The number of sulfone groups is 1. The number of nitrogens with zero attached hydrogens (tertiary/aromatic N) is 3. The minimum absolute atomic E-state index is 0.0446. The number of pyridine rings is 1. The van der Waals surface area contributed by atoms with Gasteiger partial charge >= 0.3 is 0 Å². The zero-order chi connectivity index (χ0) is 22.0. The Hall–Kier alpha value is -2.81. The minimum Gasteiger partial charge on any atom is -0.281 e. The Bertz CT molecular complexity index is 1340. The zero-order valence-electron chi connectivity index (χ0n) is 16.5. The number of anilines is 1. The van der Waals surface area contributed by atoms with Crippen LogP contribution < -0.4 is 4.90 Å². The van der Waals surface area contributed by atoms with Gasteiger partial charge in [-0.05, 0) is 55.0 Å². The molecule has 158 valence electrons. The third-order valence-corrected chi connectivity index (χ3v) is 7.59. The van der Waals surface area contributed by atoms with E-state index >= 15 is 0 Å². The normalized spacial score (nSPS) is 11.5. The summed E-state index contributed by atoms with van der Waals surface area (Å²) in [4.78, 5) is 23.6. The summed E-state index contributed by atoms with van der Waals surface area (Å²) in [5.74, 6) is -1.26. The standard InChI is InChI=1S/C22H18ClN3O3S2/c1-15-5-4-7-19-21(15)25-22(30-19)26(13-17-6-2-3-12-24-17)20(27)14-31(28,29)18-10-8-16(23)9-11-18/h2-12H,13-14H2,1H3. The second-order valence-electron chi connectivity index (χ2n) is 6.93. The first kappa shape index (κ1) is 21.4. The lowest BCUT2D eigenvalue weighted by Crippen LogP contribution is -2.35. The van der Waals surface area contributed by atoms with Crippen molar-refractivity contribution in [2.75, 3.05) is 10.7 Å². The van der Waals surface area contributed by atoms with E-state index in [4.69, 9.17) is 11.6 Å². The topological polar surface area (TPSA) is 80.2 Å². The third-order valence-electron chi connectivity index (χ3n) is 4.67. The number of carbonyl (C=O) groups excluding carboxylic acids is 1. The van der Waals surface area contributed by atoms with Crippen LogP contribution in [0.4, 0.5) is 5.13 Å². The number of fused-ring (bicyclic) bond motifs is 1. The molecule has 6 nitrogen and oxygen atoms in total. The van der Waals surface area contributed by atoms with Gasteiger partial charge in [0.05, 0.1) is 27.4 Å². The average molecular weight is 472 g/mol. The van der Waals surface area contributed by atoms with Crippen LogP contribution in [0.2, 0.25) is 5.02 Å². The maximum atomic E-state index is 13.2. The Kier molecular flexibility index (Phi) is 6.04. The first-order valence-corrected chi connectivity index (χ1v) is 12.2. The second kappa shape index (κ2) is 8.74. The van der Waals surface area contributed by atoms with Gasteiger partial charge in [0.15, 0.2) is 15.0 Å². The summed E-state index contributed by atoms with van der Waals surface area (Å²) in [6.07, 6.45) is 1.63. The molecule has 0 spiro atoms. The van der Waals surface area contributed by atoms with Crippen molar-refractivity contribution in [1.82, 2.24) is 9.97 Å². The Labute approximate surface area is 189 Å². The smallest absolute Gasteiger partial charge is 0.244 e. The van der Waals surface area contributed by atoms with E-state index in [1.54, 1.807) is 18.3 Å². The Balaban J connectivity index is 1.70. The van der Waals surface area contributed by atoms with Crippen LogP contribution in [0.1, 0.15) is 11.3 Å². The molecule has 0 aliphatic carbocycles. The van der Waals surface area contributed by atoms with Crippen LogP contribution in [0, 0.1) is 6.92 Å². The molecule has 9 heteroatoms. The molecule has 0 aliphatic heterocycles. The van der Waals surface area contributed by atoms with Gasteiger partial charge < -0.3 is 0 Å². The van der Waals surface area contributed by atoms with Crippen molar-refractivity contribution in [3.05, 3.63) is 83.1 Å². The highest BCUT2D eigenvalue weighted by molar-refractivity contribution is 7.92. The molecule has 1 amide bonds. The molecule has 31 heavy (non-hydrogen) atoms. The summed E-state index contributed by atoms with van der Waals surface area (Å²) in [6.45, 7) is 2.07. The number of thiazole rings is 1. The molecule has 0 unspecified atom stereocenters. The van der Waals surface area contributed by atoms with E-state index in [9.17, 15) is 13.2 Å². The summed E-state index contributed by atoms with van der Waals surface area (Å²) in [6, 6.07) is 17.0. The van der Waals surface area contributed by atoms with Gasteiger partial charge in [0, 0.05) is 11.2 Å². The number of aromatic nitrogens is 2. The molecular weight excluding hydrogens is 454 g/mol. The quantitative estimate of drug-likeness (QED) is 0.408. The molecule has 0 saturated heterocycles. The van der Waals surface area contributed by atoms with Crippen LogP contribution in [0.25, 0.3) is 10.2 Å². The van der Waals surface area contributed by atoms with Crippen molar-refractivity contribution in [2.24, 2.45) is 0 Å². The fraction of sp³-hybridized carbons (Fsp3) is 0.136. The lowest BCUT2D eigenvalue weighted by atomic mass is 10.2. The van der Waals surface area contributed by atoms with E-state index in [2.05, 4.69) is 9.97 Å². The number of hydrogen-bond acceptors (Lipinski definition) is 6. The molecule has 4 aromatic rings. The molecule has 2 aromatic carbocycles. The van der Waals surface area contributed by atoms with Crippen LogP contribution in [-0.2, 0) is 21.2 Å². The van der Waals surface area contributed by atoms with E-state index in [-0.39, 0.29) is 11.4 Å². The molecule has 0 aliphatic rings. The predicted octanol–water partition coefficient (Wildman–Crippen LogP) is 4.66. The lowest BCUT2D eigenvalue weighted by Gasteiger charge is -2.19. The maximum absolute atomic E-state index is 13.2. The maximum Gasteiger partial charge on any atom is 0.244 e. The van der Waals surface area contributed by atoms with Gasteiger partial charge in [0.1, 0.15) is 5.75 Å². The molecule has 2 aromatic heterocycles. The van der Waals surface area contributed by atoms with Gasteiger partial charge in [-0.15, -0.1) is 0 Å². The van der Waals surface area contributed by atoms with Gasteiger partial charge in [-0.2, -0.15) is 0 Å². The monoisotopic (exact) mass is 471 g/mol. The van der Waals surface area contributed by atoms with Crippen molar-refractivity contribution in [2.45, 2.75) is 18.4 Å². The fourth-order valence-electron chi connectivity index (χ4n) is 3.07. The molecule has 2 heterocycles. The van der Waals surface area contributed by atoms with E-state index in [1.165, 1.54) is 40.5 Å². The number of para-hydroxylation sites is 1. The van der Waals surface area contributed by atoms with Crippen LogP contribution >= 0.6 is 22.9 Å².